The van der Waals surface area contributed by atoms with E-state index in [4.69, 9.17) is 5.73 Å². The first-order chi connectivity index (χ1) is 13.2. The van der Waals surface area contributed by atoms with Crippen molar-refractivity contribution in [2.45, 2.75) is 26.3 Å². The molecule has 0 bridgehead atoms. The van der Waals surface area contributed by atoms with Gasteiger partial charge >= 0.3 is 0 Å². The van der Waals surface area contributed by atoms with Crippen molar-refractivity contribution in [3.63, 3.8) is 0 Å². The number of hydrogen-bond acceptors (Lipinski definition) is 3. The summed E-state index contributed by atoms with van der Waals surface area (Å²) in [5.41, 5.74) is 9.69. The van der Waals surface area contributed by atoms with E-state index in [1.807, 2.05) is 12.1 Å². The molecule has 1 atom stereocenters. The van der Waals surface area contributed by atoms with Crippen LogP contribution < -0.4 is 16.0 Å². The second-order valence-electron chi connectivity index (χ2n) is 7.11. The second kappa shape index (κ2) is 11.3. The molecule has 0 aromatic heterocycles. The average Bonchev–Trinajstić information content (AvgIpc) is 2.73. The van der Waals surface area contributed by atoms with E-state index < -0.39 is 0 Å². The topological polar surface area (TPSA) is 56.9 Å². The summed E-state index contributed by atoms with van der Waals surface area (Å²) in [7, 11) is 0. The standard InChI is InChI=1S/C22H31N5.HI/c1-3-19-8-7-9-20(16-19)25-22(23)24-17-18(2)26-12-14-27(15-13-26)21-10-5-4-6-11-21;/h4-11,16,18H,3,12-15,17H2,1-2H3,(H3,23,24,25);1H. The van der Waals surface area contributed by atoms with Gasteiger partial charge < -0.3 is 16.0 Å². The predicted molar refractivity (Wildman–Crippen MR) is 131 cm³/mol. The molecule has 3 rings (SSSR count). The largest absolute Gasteiger partial charge is 0.370 e. The Morgan fingerprint density at radius 3 is 2.46 bits per heavy atom. The number of nitrogens with one attached hydrogen (secondary N) is 1. The minimum absolute atomic E-state index is 0. The van der Waals surface area contributed by atoms with Crippen molar-refractivity contribution >= 4 is 41.3 Å². The number of benzene rings is 2. The summed E-state index contributed by atoms with van der Waals surface area (Å²) >= 11 is 0. The molecule has 1 fully saturated rings. The maximum atomic E-state index is 6.09. The van der Waals surface area contributed by atoms with Gasteiger partial charge in [0.25, 0.3) is 0 Å². The lowest BCUT2D eigenvalue weighted by atomic mass is 10.1. The van der Waals surface area contributed by atoms with Crippen LogP contribution in [0.1, 0.15) is 19.4 Å². The Labute approximate surface area is 186 Å². The average molecular weight is 493 g/mol. The molecule has 152 valence electrons. The fourth-order valence-corrected chi connectivity index (χ4v) is 3.46. The fourth-order valence-electron chi connectivity index (χ4n) is 3.46. The highest BCUT2D eigenvalue weighted by Crippen LogP contribution is 2.16. The number of nitrogens with zero attached hydrogens (tertiary/aromatic N) is 3. The third-order valence-electron chi connectivity index (χ3n) is 5.19. The maximum Gasteiger partial charge on any atom is 0.193 e. The number of halogens is 1. The van der Waals surface area contributed by atoms with Crippen molar-refractivity contribution < 1.29 is 0 Å². The zero-order valence-electron chi connectivity index (χ0n) is 16.8. The number of rotatable bonds is 6. The molecular formula is C22H32IN5. The Balaban J connectivity index is 0.00000280. The summed E-state index contributed by atoms with van der Waals surface area (Å²) in [6.07, 6.45) is 1.01. The molecule has 3 N–H and O–H groups in total. The molecule has 1 aliphatic heterocycles. The van der Waals surface area contributed by atoms with E-state index in [0.717, 1.165) is 38.3 Å². The lowest BCUT2D eigenvalue weighted by Crippen LogP contribution is -2.50. The van der Waals surface area contributed by atoms with Crippen LogP contribution in [0.25, 0.3) is 0 Å². The second-order valence-corrected chi connectivity index (χ2v) is 7.11. The van der Waals surface area contributed by atoms with Crippen LogP contribution in [0.15, 0.2) is 59.6 Å². The van der Waals surface area contributed by atoms with Crippen LogP contribution >= 0.6 is 24.0 Å². The van der Waals surface area contributed by atoms with Gasteiger partial charge in [-0.3, -0.25) is 9.89 Å². The molecule has 1 saturated heterocycles. The number of aryl methyl sites for hydroxylation is 1. The predicted octanol–water partition coefficient (Wildman–Crippen LogP) is 3.80. The van der Waals surface area contributed by atoms with Crippen LogP contribution in [0.3, 0.4) is 0 Å². The van der Waals surface area contributed by atoms with Gasteiger partial charge in [0.2, 0.25) is 0 Å². The Morgan fingerprint density at radius 1 is 1.07 bits per heavy atom. The highest BCUT2D eigenvalue weighted by atomic mass is 127. The van der Waals surface area contributed by atoms with Crippen molar-refractivity contribution in [3.8, 4) is 0 Å². The van der Waals surface area contributed by atoms with Crippen LogP contribution in [-0.2, 0) is 6.42 Å². The molecule has 0 aliphatic carbocycles. The molecule has 28 heavy (non-hydrogen) atoms. The fraction of sp³-hybridized carbons (Fsp3) is 0.409. The van der Waals surface area contributed by atoms with Gasteiger partial charge in [0.15, 0.2) is 5.96 Å². The molecule has 2 aromatic rings. The number of aliphatic imine (C=N–C) groups is 1. The van der Waals surface area contributed by atoms with Gasteiger partial charge in [-0.15, -0.1) is 24.0 Å². The number of nitrogens with two attached hydrogens (primary N) is 1. The minimum atomic E-state index is 0. The number of guanidine groups is 1. The first kappa shape index (κ1) is 22.5. The maximum absolute atomic E-state index is 6.09. The first-order valence-electron chi connectivity index (χ1n) is 9.85. The lowest BCUT2D eigenvalue weighted by molar-refractivity contribution is 0.201. The monoisotopic (exact) mass is 493 g/mol. The summed E-state index contributed by atoms with van der Waals surface area (Å²) in [6.45, 7) is 9.29. The number of anilines is 2. The zero-order valence-corrected chi connectivity index (χ0v) is 19.2. The van der Waals surface area contributed by atoms with Gasteiger partial charge in [0.05, 0.1) is 6.54 Å². The van der Waals surface area contributed by atoms with E-state index in [-0.39, 0.29) is 24.0 Å². The van der Waals surface area contributed by atoms with Crippen molar-refractivity contribution in [3.05, 3.63) is 60.2 Å². The molecule has 0 radical (unpaired) electrons. The Kier molecular flexibility index (Phi) is 9.05. The summed E-state index contributed by atoms with van der Waals surface area (Å²) in [5, 5.41) is 3.20. The lowest BCUT2D eigenvalue weighted by Gasteiger charge is -2.38. The van der Waals surface area contributed by atoms with Crippen LogP contribution in [0.4, 0.5) is 11.4 Å². The number of para-hydroxylation sites is 1. The molecule has 0 spiro atoms. The minimum Gasteiger partial charge on any atom is -0.370 e. The van der Waals surface area contributed by atoms with Gasteiger partial charge in [0, 0.05) is 43.6 Å². The summed E-state index contributed by atoms with van der Waals surface area (Å²) in [5.74, 6) is 0.484. The molecule has 6 heteroatoms. The van der Waals surface area contributed by atoms with Crippen molar-refractivity contribution in [2.75, 3.05) is 42.9 Å². The SMILES string of the molecule is CCc1cccc(NC(N)=NCC(C)N2CCN(c3ccccc3)CC2)c1.I. The van der Waals surface area contributed by atoms with E-state index in [0.29, 0.717) is 18.5 Å². The molecule has 5 nitrogen and oxygen atoms in total. The van der Waals surface area contributed by atoms with E-state index >= 15 is 0 Å². The zero-order chi connectivity index (χ0) is 19.1. The summed E-state index contributed by atoms with van der Waals surface area (Å²) < 4.78 is 0. The molecule has 1 aliphatic rings. The third kappa shape index (κ3) is 6.38. The Bertz CT molecular complexity index is 742. The Morgan fingerprint density at radius 2 is 1.79 bits per heavy atom. The van der Waals surface area contributed by atoms with Gasteiger partial charge in [-0.2, -0.15) is 0 Å². The van der Waals surface area contributed by atoms with Gasteiger partial charge in [-0.25, -0.2) is 0 Å². The molecule has 0 amide bonds. The molecule has 2 aromatic carbocycles. The van der Waals surface area contributed by atoms with E-state index in [1.54, 1.807) is 0 Å². The van der Waals surface area contributed by atoms with Gasteiger partial charge in [-0.05, 0) is 43.2 Å². The van der Waals surface area contributed by atoms with Gasteiger partial charge in [-0.1, -0.05) is 37.3 Å². The van der Waals surface area contributed by atoms with Crippen molar-refractivity contribution in [2.24, 2.45) is 10.7 Å². The molecule has 0 saturated carbocycles. The van der Waals surface area contributed by atoms with Crippen LogP contribution in [0.2, 0.25) is 0 Å². The van der Waals surface area contributed by atoms with Gasteiger partial charge in [0.1, 0.15) is 0 Å². The quantitative estimate of drug-likeness (QED) is 0.365. The number of hydrogen-bond donors (Lipinski definition) is 2. The Hall–Kier alpha value is -1.80. The molecular weight excluding hydrogens is 461 g/mol. The van der Waals surface area contributed by atoms with Crippen LogP contribution in [0.5, 0.6) is 0 Å². The van der Waals surface area contributed by atoms with E-state index in [1.165, 1.54) is 11.3 Å². The van der Waals surface area contributed by atoms with E-state index in [2.05, 4.69) is 76.4 Å². The first-order valence-corrected chi connectivity index (χ1v) is 9.85. The van der Waals surface area contributed by atoms with Crippen molar-refractivity contribution in [1.82, 2.24) is 4.90 Å². The van der Waals surface area contributed by atoms with Crippen molar-refractivity contribution in [1.29, 1.82) is 0 Å². The summed E-state index contributed by atoms with van der Waals surface area (Å²) in [6, 6.07) is 19.3. The summed E-state index contributed by atoms with van der Waals surface area (Å²) in [4.78, 5) is 9.50. The normalized spacial score (nSPS) is 16.4. The highest BCUT2D eigenvalue weighted by molar-refractivity contribution is 14.0. The third-order valence-corrected chi connectivity index (χ3v) is 5.19. The number of piperazine rings is 1. The highest BCUT2D eigenvalue weighted by Gasteiger charge is 2.21. The molecule has 1 unspecified atom stereocenters. The van der Waals surface area contributed by atoms with Crippen LogP contribution in [0, 0.1) is 0 Å². The smallest absolute Gasteiger partial charge is 0.193 e. The van der Waals surface area contributed by atoms with Crippen LogP contribution in [-0.4, -0.2) is 49.6 Å². The van der Waals surface area contributed by atoms with E-state index in [9.17, 15) is 0 Å². The molecule has 1 heterocycles.